The summed E-state index contributed by atoms with van der Waals surface area (Å²) in [5, 5.41) is 11.5. The number of hydrogen-bond donors (Lipinski definition) is 2. The Morgan fingerprint density at radius 1 is 1.00 bits per heavy atom. The average Bonchev–Trinajstić information content (AvgIpc) is 2.39. The Morgan fingerprint density at radius 3 is 2.26 bits per heavy atom. The number of hydrogen-bond acceptors (Lipinski definition) is 2. The maximum absolute atomic E-state index is 12.0. The van der Waals surface area contributed by atoms with E-state index in [-0.39, 0.29) is 11.5 Å². The second kappa shape index (κ2) is 5.83. The number of anilines is 1. The van der Waals surface area contributed by atoms with Gasteiger partial charge in [-0.25, -0.2) is 4.79 Å². The fourth-order valence-corrected chi connectivity index (χ4v) is 2.07. The largest absolute Gasteiger partial charge is 0.478 e. The predicted octanol–water partition coefficient (Wildman–Crippen LogP) is 3.24. The van der Waals surface area contributed by atoms with Gasteiger partial charge in [0.2, 0.25) is 0 Å². The van der Waals surface area contributed by atoms with Gasteiger partial charge in [0, 0.05) is 14.8 Å². The maximum atomic E-state index is 12.0. The van der Waals surface area contributed by atoms with Crippen LogP contribution in [0.3, 0.4) is 0 Å². The Bertz CT molecular complexity index is 623. The monoisotopic (exact) mass is 367 g/mol. The molecule has 2 rings (SSSR count). The van der Waals surface area contributed by atoms with Gasteiger partial charge in [-0.3, -0.25) is 4.79 Å². The van der Waals surface area contributed by atoms with Crippen LogP contribution in [0.25, 0.3) is 0 Å². The van der Waals surface area contributed by atoms with Crippen LogP contribution in [0.5, 0.6) is 0 Å². The van der Waals surface area contributed by atoms with Gasteiger partial charge in [-0.05, 0) is 65.1 Å². The average molecular weight is 367 g/mol. The zero-order valence-electron chi connectivity index (χ0n) is 9.76. The van der Waals surface area contributed by atoms with Crippen LogP contribution in [0.15, 0.2) is 48.5 Å². The van der Waals surface area contributed by atoms with Crippen LogP contribution in [0.4, 0.5) is 5.69 Å². The van der Waals surface area contributed by atoms with E-state index >= 15 is 0 Å². The van der Waals surface area contributed by atoms with Crippen LogP contribution >= 0.6 is 22.6 Å². The summed E-state index contributed by atoms with van der Waals surface area (Å²) >= 11 is 2.14. The fourth-order valence-electron chi connectivity index (χ4n) is 1.53. The summed E-state index contributed by atoms with van der Waals surface area (Å²) in [5.74, 6) is -1.21. The molecule has 0 saturated heterocycles. The van der Waals surface area contributed by atoms with Gasteiger partial charge >= 0.3 is 5.97 Å². The van der Waals surface area contributed by atoms with Gasteiger partial charge in [0.1, 0.15) is 0 Å². The van der Waals surface area contributed by atoms with E-state index in [1.807, 2.05) is 12.1 Å². The third-order valence-corrected chi connectivity index (χ3v) is 3.15. The summed E-state index contributed by atoms with van der Waals surface area (Å²) in [5.41, 5.74) is 1.32. The minimum atomic E-state index is -0.990. The first-order valence-corrected chi connectivity index (χ1v) is 6.54. The molecular weight excluding hydrogens is 357 g/mol. The lowest BCUT2D eigenvalue weighted by Gasteiger charge is -2.05. The van der Waals surface area contributed by atoms with Crippen LogP contribution < -0.4 is 5.32 Å². The first-order chi connectivity index (χ1) is 9.06. The minimum Gasteiger partial charge on any atom is -0.478 e. The number of benzene rings is 2. The van der Waals surface area contributed by atoms with Crippen molar-refractivity contribution in [1.29, 1.82) is 0 Å². The minimum absolute atomic E-state index is 0.187. The Kier molecular flexibility index (Phi) is 4.16. The topological polar surface area (TPSA) is 66.4 Å². The number of aromatic carboxylic acids is 1. The molecule has 0 bridgehead atoms. The molecule has 0 aliphatic carbocycles. The van der Waals surface area contributed by atoms with E-state index < -0.39 is 5.97 Å². The second-order valence-corrected chi connectivity index (χ2v) is 5.09. The highest BCUT2D eigenvalue weighted by Crippen LogP contribution is 2.13. The van der Waals surface area contributed by atoms with Crippen molar-refractivity contribution in [3.63, 3.8) is 0 Å². The Hall–Kier alpha value is -1.89. The molecule has 0 atom stereocenters. The molecule has 0 fully saturated rings. The number of rotatable bonds is 3. The van der Waals surface area contributed by atoms with E-state index in [1.165, 1.54) is 12.1 Å². The van der Waals surface area contributed by atoms with Crippen molar-refractivity contribution in [3.05, 3.63) is 63.2 Å². The third-order valence-electron chi connectivity index (χ3n) is 2.48. The lowest BCUT2D eigenvalue weighted by molar-refractivity contribution is 0.0696. The van der Waals surface area contributed by atoms with E-state index in [0.29, 0.717) is 11.3 Å². The SMILES string of the molecule is O=C(O)c1ccc(NC(=O)c2cccc(I)c2)cc1. The lowest BCUT2D eigenvalue weighted by Crippen LogP contribution is -2.12. The van der Waals surface area contributed by atoms with Crippen LogP contribution in [-0.4, -0.2) is 17.0 Å². The van der Waals surface area contributed by atoms with Crippen molar-refractivity contribution in [1.82, 2.24) is 0 Å². The molecule has 2 N–H and O–H groups in total. The molecule has 0 spiro atoms. The smallest absolute Gasteiger partial charge is 0.335 e. The number of carbonyl (C=O) groups excluding carboxylic acids is 1. The molecule has 1 amide bonds. The van der Waals surface area contributed by atoms with Gasteiger partial charge in [0.05, 0.1) is 5.56 Å². The standard InChI is InChI=1S/C14H10INO3/c15-11-3-1-2-10(8-11)13(17)16-12-6-4-9(5-7-12)14(18)19/h1-8H,(H,16,17)(H,18,19). The molecule has 2 aromatic rings. The highest BCUT2D eigenvalue weighted by atomic mass is 127. The highest BCUT2D eigenvalue weighted by molar-refractivity contribution is 14.1. The molecule has 19 heavy (non-hydrogen) atoms. The van der Waals surface area contributed by atoms with Crippen LogP contribution in [0.1, 0.15) is 20.7 Å². The molecular formula is C14H10INO3. The third kappa shape index (κ3) is 3.54. The van der Waals surface area contributed by atoms with E-state index in [2.05, 4.69) is 27.9 Å². The number of nitrogens with one attached hydrogen (secondary N) is 1. The summed E-state index contributed by atoms with van der Waals surface area (Å²) < 4.78 is 0.978. The van der Waals surface area contributed by atoms with E-state index in [1.54, 1.807) is 24.3 Å². The van der Waals surface area contributed by atoms with Crippen molar-refractivity contribution in [2.24, 2.45) is 0 Å². The van der Waals surface area contributed by atoms with Crippen molar-refractivity contribution in [2.45, 2.75) is 0 Å². The molecule has 4 nitrogen and oxygen atoms in total. The molecule has 0 radical (unpaired) electrons. The van der Waals surface area contributed by atoms with E-state index in [4.69, 9.17) is 5.11 Å². The van der Waals surface area contributed by atoms with Gasteiger partial charge in [-0.2, -0.15) is 0 Å². The molecule has 0 aliphatic rings. The zero-order valence-corrected chi connectivity index (χ0v) is 11.9. The van der Waals surface area contributed by atoms with Gasteiger partial charge in [0.25, 0.3) is 5.91 Å². The molecule has 2 aromatic carbocycles. The summed E-state index contributed by atoms with van der Waals surface area (Å²) in [7, 11) is 0. The van der Waals surface area contributed by atoms with Gasteiger partial charge in [-0.15, -0.1) is 0 Å². The van der Waals surface area contributed by atoms with Crippen molar-refractivity contribution in [3.8, 4) is 0 Å². The predicted molar refractivity (Wildman–Crippen MR) is 80.5 cm³/mol. The fraction of sp³-hybridized carbons (Fsp3) is 0. The number of halogens is 1. The van der Waals surface area contributed by atoms with Gasteiger partial charge < -0.3 is 10.4 Å². The van der Waals surface area contributed by atoms with Crippen LogP contribution in [-0.2, 0) is 0 Å². The Labute approximate surface area is 123 Å². The normalized spacial score (nSPS) is 9.95. The first-order valence-electron chi connectivity index (χ1n) is 5.46. The summed E-state index contributed by atoms with van der Waals surface area (Å²) in [4.78, 5) is 22.7. The summed E-state index contributed by atoms with van der Waals surface area (Å²) in [6, 6.07) is 13.2. The molecule has 0 unspecified atom stereocenters. The van der Waals surface area contributed by atoms with Crippen LogP contribution in [0.2, 0.25) is 0 Å². The number of carboxylic acid groups (broad SMARTS) is 1. The Balaban J connectivity index is 2.13. The number of carbonyl (C=O) groups is 2. The zero-order chi connectivity index (χ0) is 13.8. The molecule has 5 heteroatoms. The summed E-state index contributed by atoms with van der Waals surface area (Å²) in [6.07, 6.45) is 0. The van der Waals surface area contributed by atoms with E-state index in [0.717, 1.165) is 3.57 Å². The van der Waals surface area contributed by atoms with Gasteiger partial charge in [0.15, 0.2) is 0 Å². The molecule has 0 saturated carbocycles. The highest BCUT2D eigenvalue weighted by Gasteiger charge is 2.07. The van der Waals surface area contributed by atoms with Gasteiger partial charge in [-0.1, -0.05) is 6.07 Å². The number of amides is 1. The number of carboxylic acids is 1. The lowest BCUT2D eigenvalue weighted by atomic mass is 10.2. The summed E-state index contributed by atoms with van der Waals surface area (Å²) in [6.45, 7) is 0. The quantitative estimate of drug-likeness (QED) is 0.819. The Morgan fingerprint density at radius 2 is 1.68 bits per heavy atom. The van der Waals surface area contributed by atoms with Crippen molar-refractivity contribution < 1.29 is 14.7 Å². The first kappa shape index (κ1) is 13.5. The second-order valence-electron chi connectivity index (χ2n) is 3.85. The molecule has 96 valence electrons. The van der Waals surface area contributed by atoms with Crippen molar-refractivity contribution in [2.75, 3.05) is 5.32 Å². The molecule has 0 aromatic heterocycles. The molecule has 0 aliphatic heterocycles. The van der Waals surface area contributed by atoms with Crippen molar-refractivity contribution >= 4 is 40.2 Å². The van der Waals surface area contributed by atoms with E-state index in [9.17, 15) is 9.59 Å². The van der Waals surface area contributed by atoms with Crippen LogP contribution in [0, 0.1) is 3.57 Å². The maximum Gasteiger partial charge on any atom is 0.335 e. The molecule has 0 heterocycles.